The Balaban J connectivity index is 1.87. The van der Waals surface area contributed by atoms with Gasteiger partial charge in [-0.25, -0.2) is 4.98 Å². The molecule has 2 aromatic rings. The molecule has 1 saturated carbocycles. The Labute approximate surface area is 180 Å². The molecule has 0 radical (unpaired) electrons. The maximum atomic E-state index is 13.4. The van der Waals surface area contributed by atoms with E-state index >= 15 is 0 Å². The molecule has 1 unspecified atom stereocenters. The van der Waals surface area contributed by atoms with Gasteiger partial charge in [0.05, 0.1) is 5.54 Å². The molecule has 10 nitrogen and oxygen atoms in total. The minimum atomic E-state index is -0.875. The summed E-state index contributed by atoms with van der Waals surface area (Å²) in [5.74, 6) is 0.115. The van der Waals surface area contributed by atoms with Crippen molar-refractivity contribution in [3.63, 3.8) is 0 Å². The monoisotopic (exact) mass is 427 g/mol. The second-order valence-corrected chi connectivity index (χ2v) is 7.59. The summed E-state index contributed by atoms with van der Waals surface area (Å²) in [6, 6.07) is 10.1. The van der Waals surface area contributed by atoms with Crippen molar-refractivity contribution in [1.82, 2.24) is 14.9 Å². The van der Waals surface area contributed by atoms with Crippen molar-refractivity contribution in [2.75, 3.05) is 25.1 Å². The largest absolute Gasteiger partial charge is 0.392 e. The number of aromatic nitrogens is 2. The molecule has 10 heteroatoms. The highest BCUT2D eigenvalue weighted by Crippen LogP contribution is 2.46. The molecule has 3 rings (SSSR count). The highest BCUT2D eigenvalue weighted by molar-refractivity contribution is 5.74. The SMILES string of the molecule is Cc1cnc(N(C)C2(c3ccccc3)CCC2)c(=O)n1C(C=O)NCCON=C(N)N. The lowest BCUT2D eigenvalue weighted by Gasteiger charge is -2.49. The molecule has 1 aromatic carbocycles. The third-order valence-corrected chi connectivity index (χ3v) is 5.74. The summed E-state index contributed by atoms with van der Waals surface area (Å²) in [7, 11) is 1.89. The van der Waals surface area contributed by atoms with E-state index in [4.69, 9.17) is 16.3 Å². The van der Waals surface area contributed by atoms with Crippen molar-refractivity contribution in [2.24, 2.45) is 16.6 Å². The number of nitrogens with zero attached hydrogens (tertiary/aromatic N) is 4. The topological polar surface area (TPSA) is 141 Å². The number of nitrogens with one attached hydrogen (secondary N) is 1. The fraction of sp³-hybridized carbons (Fsp3) is 0.429. The van der Waals surface area contributed by atoms with Crippen LogP contribution in [0.2, 0.25) is 0 Å². The first-order chi connectivity index (χ1) is 14.9. The number of anilines is 1. The quantitative estimate of drug-likeness (QED) is 0.164. The van der Waals surface area contributed by atoms with E-state index in [1.807, 2.05) is 30.1 Å². The Morgan fingerprint density at radius 2 is 2.10 bits per heavy atom. The molecule has 1 aliphatic rings. The van der Waals surface area contributed by atoms with Crippen LogP contribution < -0.4 is 27.2 Å². The Bertz CT molecular complexity index is 982. The maximum absolute atomic E-state index is 13.4. The zero-order chi connectivity index (χ0) is 22.4. The maximum Gasteiger partial charge on any atom is 0.295 e. The van der Waals surface area contributed by atoms with E-state index in [1.165, 1.54) is 4.57 Å². The summed E-state index contributed by atoms with van der Waals surface area (Å²) in [4.78, 5) is 36.5. The summed E-state index contributed by atoms with van der Waals surface area (Å²) in [6.07, 6.45) is 4.35. The number of rotatable bonds is 10. The molecule has 31 heavy (non-hydrogen) atoms. The Morgan fingerprint density at radius 3 is 2.68 bits per heavy atom. The average Bonchev–Trinajstić information content (AvgIpc) is 2.72. The first-order valence-electron chi connectivity index (χ1n) is 10.2. The van der Waals surface area contributed by atoms with Crippen LogP contribution >= 0.6 is 0 Å². The van der Waals surface area contributed by atoms with E-state index < -0.39 is 6.17 Å². The molecule has 0 amide bonds. The molecule has 1 aromatic heterocycles. The molecule has 166 valence electrons. The van der Waals surface area contributed by atoms with Gasteiger partial charge in [0, 0.05) is 25.5 Å². The molecule has 1 aliphatic carbocycles. The number of aryl methyl sites for hydroxylation is 1. The van der Waals surface area contributed by atoms with Crippen molar-refractivity contribution >= 4 is 18.1 Å². The van der Waals surface area contributed by atoms with Crippen molar-refractivity contribution in [3.05, 3.63) is 58.1 Å². The third kappa shape index (κ3) is 4.53. The number of carbonyl (C=O) groups excluding carboxylic acids is 1. The lowest BCUT2D eigenvalue weighted by Crippen LogP contribution is -2.52. The van der Waals surface area contributed by atoms with Crippen LogP contribution in [0.1, 0.15) is 36.7 Å². The minimum absolute atomic E-state index is 0.130. The standard InChI is InChI=1S/C21H29N7O3/c1-15-13-25-18(27(2)21(9-6-10-21)16-7-4-3-5-8-16)19(30)28(15)17(14-29)24-11-12-31-26-20(22)23/h3-5,7-8,13-14,17,24H,6,9-12H2,1-2H3,(H4,22,23,26). The first kappa shape index (κ1) is 22.3. The lowest BCUT2D eigenvalue weighted by atomic mass is 9.70. The third-order valence-electron chi connectivity index (χ3n) is 5.74. The molecular formula is C21H29N7O3. The molecule has 1 atom stereocenters. The molecule has 0 bridgehead atoms. The van der Waals surface area contributed by atoms with Crippen LogP contribution in [-0.4, -0.2) is 42.0 Å². The van der Waals surface area contributed by atoms with E-state index in [2.05, 4.69) is 27.6 Å². The van der Waals surface area contributed by atoms with Crippen molar-refractivity contribution < 1.29 is 9.63 Å². The summed E-state index contributed by atoms with van der Waals surface area (Å²) in [6.45, 7) is 2.13. The van der Waals surface area contributed by atoms with Gasteiger partial charge in [0.15, 0.2) is 12.1 Å². The van der Waals surface area contributed by atoms with Crippen LogP contribution in [-0.2, 0) is 15.2 Å². The number of nitrogens with two attached hydrogens (primary N) is 2. The van der Waals surface area contributed by atoms with Crippen LogP contribution in [0.5, 0.6) is 0 Å². The predicted octanol–water partition coefficient (Wildman–Crippen LogP) is 0.559. The second-order valence-electron chi connectivity index (χ2n) is 7.59. The Morgan fingerprint density at radius 1 is 1.39 bits per heavy atom. The number of oxime groups is 1. The number of aldehydes is 1. The van der Waals surface area contributed by atoms with Crippen molar-refractivity contribution in [3.8, 4) is 0 Å². The Hall–Kier alpha value is -3.40. The van der Waals surface area contributed by atoms with Gasteiger partial charge in [0.2, 0.25) is 5.96 Å². The molecule has 0 aliphatic heterocycles. The van der Waals surface area contributed by atoms with Crippen LogP contribution in [0.4, 0.5) is 5.82 Å². The van der Waals surface area contributed by atoms with E-state index in [0.29, 0.717) is 17.8 Å². The van der Waals surface area contributed by atoms with Gasteiger partial charge >= 0.3 is 0 Å². The zero-order valence-corrected chi connectivity index (χ0v) is 17.8. The smallest absolute Gasteiger partial charge is 0.295 e. The molecular weight excluding hydrogens is 398 g/mol. The van der Waals surface area contributed by atoms with Crippen LogP contribution in [0.3, 0.4) is 0 Å². The predicted molar refractivity (Wildman–Crippen MR) is 118 cm³/mol. The fourth-order valence-corrected chi connectivity index (χ4v) is 3.97. The normalized spacial score (nSPS) is 15.4. The van der Waals surface area contributed by atoms with E-state index in [0.717, 1.165) is 24.8 Å². The van der Waals surface area contributed by atoms with Crippen molar-refractivity contribution in [1.29, 1.82) is 0 Å². The van der Waals surface area contributed by atoms with Gasteiger partial charge in [-0.2, -0.15) is 0 Å². The average molecular weight is 428 g/mol. The second kappa shape index (κ2) is 9.61. The number of carbonyl (C=O) groups is 1. The Kier molecular flexibility index (Phi) is 6.91. The van der Waals surface area contributed by atoms with Gasteiger partial charge < -0.3 is 21.2 Å². The van der Waals surface area contributed by atoms with Gasteiger partial charge in [-0.3, -0.25) is 19.5 Å². The minimum Gasteiger partial charge on any atom is -0.392 e. The highest BCUT2D eigenvalue weighted by atomic mass is 16.6. The van der Waals surface area contributed by atoms with Crippen LogP contribution in [0.15, 0.2) is 46.5 Å². The first-order valence-corrected chi connectivity index (χ1v) is 10.2. The molecule has 5 N–H and O–H groups in total. The lowest BCUT2D eigenvalue weighted by molar-refractivity contribution is -0.111. The molecule has 0 spiro atoms. The summed E-state index contributed by atoms with van der Waals surface area (Å²) >= 11 is 0. The zero-order valence-electron chi connectivity index (χ0n) is 17.8. The molecule has 1 heterocycles. The van der Waals surface area contributed by atoms with Crippen molar-refractivity contribution in [2.45, 2.75) is 37.9 Å². The van der Waals surface area contributed by atoms with Gasteiger partial charge in [-0.15, -0.1) is 0 Å². The van der Waals surface area contributed by atoms with Crippen LogP contribution in [0, 0.1) is 6.92 Å². The van der Waals surface area contributed by atoms with Gasteiger partial charge in [0.25, 0.3) is 5.56 Å². The molecule has 1 fully saturated rings. The van der Waals surface area contributed by atoms with Crippen LogP contribution in [0.25, 0.3) is 0 Å². The summed E-state index contributed by atoms with van der Waals surface area (Å²) in [5, 5.41) is 6.40. The van der Waals surface area contributed by atoms with Gasteiger partial charge in [-0.1, -0.05) is 30.3 Å². The highest BCUT2D eigenvalue weighted by Gasteiger charge is 2.44. The van der Waals surface area contributed by atoms with Gasteiger partial charge in [-0.05, 0) is 36.9 Å². The fourth-order valence-electron chi connectivity index (χ4n) is 3.97. The molecule has 0 saturated heterocycles. The van der Waals surface area contributed by atoms with E-state index in [1.54, 1.807) is 13.1 Å². The van der Waals surface area contributed by atoms with E-state index in [9.17, 15) is 9.59 Å². The number of guanidine groups is 1. The number of hydrogen-bond donors (Lipinski definition) is 3. The summed E-state index contributed by atoms with van der Waals surface area (Å²) < 4.78 is 1.41. The number of benzene rings is 1. The summed E-state index contributed by atoms with van der Waals surface area (Å²) in [5.41, 5.74) is 11.5. The number of hydrogen-bond acceptors (Lipinski definition) is 7. The van der Waals surface area contributed by atoms with Gasteiger partial charge in [0.1, 0.15) is 12.8 Å². The van der Waals surface area contributed by atoms with E-state index in [-0.39, 0.29) is 30.2 Å².